The van der Waals surface area contributed by atoms with Gasteiger partial charge in [0.2, 0.25) is 11.7 Å². The lowest BCUT2D eigenvalue weighted by Crippen LogP contribution is -2.42. The summed E-state index contributed by atoms with van der Waals surface area (Å²) in [4.78, 5) is 56.4. The lowest BCUT2D eigenvalue weighted by molar-refractivity contribution is -0.154. The second-order valence-corrected chi connectivity index (χ2v) is 10.9. The largest absolute Gasteiger partial charge is 0.460 e. The van der Waals surface area contributed by atoms with Gasteiger partial charge < -0.3 is 24.3 Å². The molecule has 1 aliphatic rings. The number of nitrogens with one attached hydrogen (secondary N) is 1. The number of carbonyl (C=O) groups is 4. The number of pyridine rings is 1. The van der Waals surface area contributed by atoms with Gasteiger partial charge in [0, 0.05) is 18.0 Å². The first kappa shape index (κ1) is 32.4. The van der Waals surface area contributed by atoms with Crippen molar-refractivity contribution >= 4 is 35.6 Å². The van der Waals surface area contributed by atoms with Gasteiger partial charge in [-0.25, -0.2) is 14.6 Å². The molecule has 246 valence electrons. The molecular weight excluding hydrogens is 633 g/mol. The van der Waals surface area contributed by atoms with Gasteiger partial charge in [0.25, 0.3) is 0 Å². The minimum Gasteiger partial charge on any atom is -0.460 e. The number of para-hydroxylation sites is 2. The highest BCUT2D eigenvalue weighted by atomic mass is 19.1. The number of rotatable bonds is 10. The first-order valence-electron chi connectivity index (χ1n) is 15.1. The molecule has 0 atom stereocenters. The molecule has 3 amide bonds. The molecule has 12 heteroatoms. The molecule has 0 aliphatic heterocycles. The number of nitrogens with zero attached hydrogens (tertiary/aromatic N) is 2. The molecule has 5 aromatic rings. The number of amides is 3. The van der Waals surface area contributed by atoms with Crippen LogP contribution in [0.15, 0.2) is 128 Å². The van der Waals surface area contributed by atoms with E-state index in [1.54, 1.807) is 36.4 Å². The fourth-order valence-electron chi connectivity index (χ4n) is 4.66. The van der Waals surface area contributed by atoms with Crippen molar-refractivity contribution in [2.75, 3.05) is 10.2 Å². The van der Waals surface area contributed by atoms with E-state index in [9.17, 15) is 19.2 Å². The molecule has 0 radical (unpaired) electrons. The summed E-state index contributed by atoms with van der Waals surface area (Å²) in [5.41, 5.74) is -0.0726. The van der Waals surface area contributed by atoms with Crippen LogP contribution >= 0.6 is 0 Å². The summed E-state index contributed by atoms with van der Waals surface area (Å²) in [7, 11) is 0. The lowest BCUT2D eigenvalue weighted by Gasteiger charge is -2.20. The zero-order valence-corrected chi connectivity index (χ0v) is 25.8. The van der Waals surface area contributed by atoms with Gasteiger partial charge >= 0.3 is 18.2 Å². The number of halogens is 1. The van der Waals surface area contributed by atoms with Crippen LogP contribution in [0.25, 0.3) is 0 Å². The van der Waals surface area contributed by atoms with E-state index in [4.69, 9.17) is 18.9 Å². The average Bonchev–Trinajstić information content (AvgIpc) is 3.94. The molecule has 1 aliphatic carbocycles. The van der Waals surface area contributed by atoms with Crippen LogP contribution in [0.4, 0.5) is 25.5 Å². The van der Waals surface area contributed by atoms with Gasteiger partial charge in [0.1, 0.15) is 29.3 Å². The summed E-state index contributed by atoms with van der Waals surface area (Å²) in [5.74, 6) is -2.98. The van der Waals surface area contributed by atoms with Crippen molar-refractivity contribution < 1.29 is 42.5 Å². The Morgan fingerprint density at radius 1 is 0.714 bits per heavy atom. The molecule has 4 aromatic carbocycles. The van der Waals surface area contributed by atoms with Crippen LogP contribution in [0.2, 0.25) is 0 Å². The molecule has 49 heavy (non-hydrogen) atoms. The summed E-state index contributed by atoms with van der Waals surface area (Å²) in [6, 6.07) is 32.1. The van der Waals surface area contributed by atoms with Crippen LogP contribution in [-0.2, 0) is 20.9 Å². The second-order valence-electron chi connectivity index (χ2n) is 10.9. The maximum Gasteiger partial charge on any atom is 0.430 e. The van der Waals surface area contributed by atoms with E-state index in [1.165, 1.54) is 54.6 Å². The Labute approximate surface area is 279 Å². The van der Waals surface area contributed by atoms with Crippen LogP contribution < -0.4 is 24.4 Å². The molecule has 1 fully saturated rings. The predicted octanol–water partition coefficient (Wildman–Crippen LogP) is 7.68. The number of hydrogen-bond donors (Lipinski definition) is 1. The monoisotopic (exact) mass is 661 g/mol. The van der Waals surface area contributed by atoms with Crippen LogP contribution in [-0.4, -0.2) is 29.0 Å². The van der Waals surface area contributed by atoms with Crippen molar-refractivity contribution in [3.05, 3.63) is 139 Å². The number of imide groups is 1. The SMILES string of the molecule is O=C(Oc1ccccc1)N(C(=O)Oc1ccccc1)c1nccc(Oc2ccc(NC(=O)C3(C(=O)OCc4ccccc4)CC3)cc2)c1F. The molecule has 1 N–H and O–H groups in total. The zero-order valence-electron chi connectivity index (χ0n) is 25.8. The number of anilines is 2. The molecule has 11 nitrogen and oxygen atoms in total. The Kier molecular flexibility index (Phi) is 9.56. The lowest BCUT2D eigenvalue weighted by atomic mass is 10.1. The van der Waals surface area contributed by atoms with Gasteiger partial charge in [-0.2, -0.15) is 9.29 Å². The number of esters is 1. The minimum atomic E-state index is -1.27. The summed E-state index contributed by atoms with van der Waals surface area (Å²) < 4.78 is 37.6. The number of hydrogen-bond acceptors (Lipinski definition) is 9. The van der Waals surface area contributed by atoms with E-state index >= 15 is 4.39 Å². The van der Waals surface area contributed by atoms with Crippen molar-refractivity contribution in [2.24, 2.45) is 5.41 Å². The van der Waals surface area contributed by atoms with E-state index in [0.29, 0.717) is 23.4 Å². The zero-order chi connectivity index (χ0) is 34.2. The maximum atomic E-state index is 15.9. The highest BCUT2D eigenvalue weighted by Crippen LogP contribution is 2.48. The number of aromatic nitrogens is 1. The van der Waals surface area contributed by atoms with Gasteiger partial charge in [-0.15, -0.1) is 0 Å². The molecule has 1 saturated carbocycles. The first-order valence-corrected chi connectivity index (χ1v) is 15.1. The molecular formula is C37H28FN3O8. The van der Waals surface area contributed by atoms with Crippen LogP contribution in [0, 0.1) is 11.2 Å². The minimum absolute atomic E-state index is 0.0637. The maximum absolute atomic E-state index is 15.9. The highest BCUT2D eigenvalue weighted by Gasteiger charge is 2.58. The first-order chi connectivity index (χ1) is 23.8. The van der Waals surface area contributed by atoms with Crippen molar-refractivity contribution in [3.63, 3.8) is 0 Å². The quantitative estimate of drug-likeness (QED) is 0.118. The molecule has 1 aromatic heterocycles. The number of benzene rings is 4. The van der Waals surface area contributed by atoms with Crippen molar-refractivity contribution in [1.29, 1.82) is 0 Å². The molecule has 0 bridgehead atoms. The molecule has 6 rings (SSSR count). The third-order valence-corrected chi connectivity index (χ3v) is 7.44. The van der Waals surface area contributed by atoms with Crippen LogP contribution in [0.5, 0.6) is 23.0 Å². The van der Waals surface area contributed by atoms with E-state index in [-0.39, 0.29) is 29.6 Å². The van der Waals surface area contributed by atoms with Crippen molar-refractivity contribution in [1.82, 2.24) is 4.98 Å². The summed E-state index contributed by atoms with van der Waals surface area (Å²) in [5, 5.41) is 2.73. The molecule has 0 spiro atoms. The van der Waals surface area contributed by atoms with Crippen molar-refractivity contribution in [2.45, 2.75) is 19.4 Å². The fourth-order valence-corrected chi connectivity index (χ4v) is 4.66. The van der Waals surface area contributed by atoms with Gasteiger partial charge in [-0.1, -0.05) is 66.7 Å². The Balaban J connectivity index is 1.14. The van der Waals surface area contributed by atoms with E-state index in [0.717, 1.165) is 11.8 Å². The van der Waals surface area contributed by atoms with Gasteiger partial charge in [0.05, 0.1) is 0 Å². The topological polar surface area (TPSA) is 133 Å². The van der Waals surface area contributed by atoms with E-state index in [2.05, 4.69) is 10.3 Å². The van der Waals surface area contributed by atoms with Crippen LogP contribution in [0.1, 0.15) is 18.4 Å². The Morgan fingerprint density at radius 2 is 1.27 bits per heavy atom. The van der Waals surface area contributed by atoms with Crippen molar-refractivity contribution in [3.8, 4) is 23.0 Å². The highest BCUT2D eigenvalue weighted by molar-refractivity contribution is 6.11. The Hall–Kier alpha value is -6.56. The Morgan fingerprint density at radius 3 is 1.82 bits per heavy atom. The summed E-state index contributed by atoms with van der Waals surface area (Å²) in [6.45, 7) is 0.0637. The summed E-state index contributed by atoms with van der Waals surface area (Å²) in [6.07, 6.45) is -0.660. The van der Waals surface area contributed by atoms with Gasteiger partial charge in [0.15, 0.2) is 11.6 Å². The molecule has 1 heterocycles. The molecule has 0 saturated heterocycles. The smallest absolute Gasteiger partial charge is 0.430 e. The molecule has 0 unspecified atom stereocenters. The standard InChI is InChI=1S/C37H28FN3O8/c38-31-30(20-23-39-32(31)41(35(44)48-27-12-6-2-7-13-27)36(45)49-28-14-8-3-9-15-28)47-29-18-16-26(17-19-29)40-33(42)37(21-22-37)34(43)46-24-25-10-4-1-5-11-25/h1-20,23H,21-22,24H2,(H,40,42). The van der Waals surface area contributed by atoms with E-state index in [1.807, 2.05) is 30.3 Å². The average molecular weight is 662 g/mol. The fraction of sp³-hybridized carbons (Fsp3) is 0.108. The van der Waals surface area contributed by atoms with Crippen LogP contribution in [0.3, 0.4) is 0 Å². The number of carbonyl (C=O) groups excluding carboxylic acids is 4. The third kappa shape index (κ3) is 7.71. The normalized spacial score (nSPS) is 12.6. The number of ether oxygens (including phenoxy) is 4. The second kappa shape index (κ2) is 14.5. The van der Waals surface area contributed by atoms with Gasteiger partial charge in [-0.3, -0.25) is 9.59 Å². The predicted molar refractivity (Wildman–Crippen MR) is 175 cm³/mol. The van der Waals surface area contributed by atoms with E-state index < -0.39 is 41.1 Å². The van der Waals surface area contributed by atoms with Gasteiger partial charge in [-0.05, 0) is 66.9 Å². The third-order valence-electron chi connectivity index (χ3n) is 7.44. The summed E-state index contributed by atoms with van der Waals surface area (Å²) >= 11 is 0. The Bertz CT molecular complexity index is 1900.